The molecule has 2 aliphatic rings. The van der Waals surface area contributed by atoms with E-state index in [1.165, 1.54) is 64.2 Å². The van der Waals surface area contributed by atoms with Gasteiger partial charge in [0.15, 0.2) is 0 Å². The van der Waals surface area contributed by atoms with E-state index in [-0.39, 0.29) is 5.60 Å². The first-order chi connectivity index (χ1) is 13.2. The van der Waals surface area contributed by atoms with Gasteiger partial charge in [0.25, 0.3) is 0 Å². The zero-order chi connectivity index (χ0) is 20.8. The second-order valence-electron chi connectivity index (χ2n) is 11.2. The number of ether oxygens (including phenoxy) is 1. The molecule has 1 saturated carbocycles. The molecule has 0 aromatic heterocycles. The number of rotatable bonds is 11. The number of hydrogen-bond donors (Lipinski definition) is 0. The van der Waals surface area contributed by atoms with Crippen molar-refractivity contribution in [3.05, 3.63) is 9.67 Å². The van der Waals surface area contributed by atoms with E-state index in [9.17, 15) is 0 Å². The molecule has 0 N–H and O–H groups in total. The first-order valence-corrected chi connectivity index (χ1v) is 20.1. The van der Waals surface area contributed by atoms with Crippen molar-refractivity contribution in [3.8, 4) is 0 Å². The Morgan fingerprint density at radius 2 is 1.50 bits per heavy atom. The van der Waals surface area contributed by atoms with Crippen LogP contribution in [-0.4, -0.2) is 30.1 Å². The van der Waals surface area contributed by atoms with Crippen molar-refractivity contribution < 1.29 is 4.74 Å². The second kappa shape index (κ2) is 10.7. The van der Waals surface area contributed by atoms with Crippen molar-refractivity contribution in [2.45, 2.75) is 138 Å². The molecule has 2 heteroatoms. The maximum absolute atomic E-state index is 6.57. The second-order valence-corrected chi connectivity index (χ2v) is 24.6. The molecule has 0 unspecified atom stereocenters. The maximum atomic E-state index is 6.57. The van der Waals surface area contributed by atoms with Crippen LogP contribution in [0.25, 0.3) is 0 Å². The van der Waals surface area contributed by atoms with Crippen LogP contribution in [0.15, 0.2) is 9.67 Å². The molecule has 0 bridgehead atoms. The van der Waals surface area contributed by atoms with Crippen LogP contribution in [0.3, 0.4) is 0 Å². The summed E-state index contributed by atoms with van der Waals surface area (Å²) in [6.07, 6.45) is 17.4. The molecule has 0 amide bonds. The molecule has 2 rings (SSSR count). The summed E-state index contributed by atoms with van der Waals surface area (Å²) in [5.74, 6) is 0.782. The van der Waals surface area contributed by atoms with Gasteiger partial charge in [-0.05, 0) is 0 Å². The van der Waals surface area contributed by atoms with Crippen molar-refractivity contribution in [2.75, 3.05) is 0 Å². The first-order valence-electron chi connectivity index (χ1n) is 12.6. The van der Waals surface area contributed by atoms with Gasteiger partial charge in [0.1, 0.15) is 0 Å². The van der Waals surface area contributed by atoms with Crippen molar-refractivity contribution in [2.24, 2.45) is 11.3 Å². The average molecular weight is 497 g/mol. The molecule has 3 atom stereocenters. The SMILES string of the molecule is CCC[CH2][Sn]([CH2]CCC)([CH2]CCC)[C]1=C[C@@H]2CC[C@H](OC(C)(C)C)[C@@]2(C)CC1. The van der Waals surface area contributed by atoms with Gasteiger partial charge < -0.3 is 0 Å². The Balaban J connectivity index is 2.27. The molecular formula is C26H50OSn. The molecule has 1 nitrogen and oxygen atoms in total. The number of unbranched alkanes of at least 4 members (excludes halogenated alkanes) is 3. The topological polar surface area (TPSA) is 9.23 Å². The van der Waals surface area contributed by atoms with E-state index in [4.69, 9.17) is 4.74 Å². The van der Waals surface area contributed by atoms with Gasteiger partial charge in [0, 0.05) is 0 Å². The van der Waals surface area contributed by atoms with Crippen molar-refractivity contribution in [1.29, 1.82) is 0 Å². The van der Waals surface area contributed by atoms with Crippen molar-refractivity contribution in [1.82, 2.24) is 0 Å². The van der Waals surface area contributed by atoms with Crippen LogP contribution < -0.4 is 0 Å². The van der Waals surface area contributed by atoms with Gasteiger partial charge in [0.05, 0.1) is 0 Å². The Kier molecular flexibility index (Phi) is 9.46. The Morgan fingerprint density at radius 3 is 1.96 bits per heavy atom. The molecular weight excluding hydrogens is 447 g/mol. The van der Waals surface area contributed by atoms with E-state index < -0.39 is 18.4 Å². The van der Waals surface area contributed by atoms with Crippen LogP contribution in [0, 0.1) is 11.3 Å². The summed E-state index contributed by atoms with van der Waals surface area (Å²) < 4.78 is 13.5. The average Bonchev–Trinajstić information content (AvgIpc) is 2.95. The summed E-state index contributed by atoms with van der Waals surface area (Å²) in [5, 5.41) is 0. The molecule has 0 aromatic carbocycles. The third-order valence-electron chi connectivity index (χ3n) is 7.86. The third-order valence-corrected chi connectivity index (χ3v) is 24.2. The standard InChI is InChI=1S/C14H23O.3C4H9.Sn/c1-13(2,3)15-12-9-8-11-7-5-6-10-14(11,12)4;3*1-3-4-2;/h7,11-12H,6,8-10H2,1-4H3;3*1,3-4H2,2H3;/t11-,12+,14+;;;;/m1..../s1. The summed E-state index contributed by atoms with van der Waals surface area (Å²) in [4.78, 5) is 0. The fourth-order valence-electron chi connectivity index (χ4n) is 6.04. The van der Waals surface area contributed by atoms with Crippen LogP contribution >= 0.6 is 0 Å². The van der Waals surface area contributed by atoms with E-state index in [1.54, 1.807) is 13.3 Å². The zero-order valence-corrected chi connectivity index (χ0v) is 23.2. The quantitative estimate of drug-likeness (QED) is 0.260. The molecule has 0 aliphatic heterocycles. The minimum absolute atomic E-state index is 0.0150. The van der Waals surface area contributed by atoms with Gasteiger partial charge in [-0.3, -0.25) is 0 Å². The third kappa shape index (κ3) is 6.02. The molecule has 0 saturated heterocycles. The predicted molar refractivity (Wildman–Crippen MR) is 128 cm³/mol. The van der Waals surface area contributed by atoms with Crippen LogP contribution in [0.2, 0.25) is 13.3 Å². The Hall–Kier alpha value is 0.499. The summed E-state index contributed by atoms with van der Waals surface area (Å²) in [6.45, 7) is 16.4. The molecule has 2 aliphatic carbocycles. The molecule has 0 spiro atoms. The Labute approximate surface area is 181 Å². The van der Waals surface area contributed by atoms with E-state index in [2.05, 4.69) is 58.1 Å². The van der Waals surface area contributed by atoms with E-state index in [1.807, 2.05) is 0 Å². The van der Waals surface area contributed by atoms with Crippen molar-refractivity contribution >= 4 is 18.4 Å². The van der Waals surface area contributed by atoms with Gasteiger partial charge in [-0.25, -0.2) is 0 Å². The van der Waals surface area contributed by atoms with Crippen LogP contribution in [0.1, 0.15) is 113 Å². The Bertz CT molecular complexity index is 481. The molecule has 28 heavy (non-hydrogen) atoms. The van der Waals surface area contributed by atoms with Crippen LogP contribution in [0.4, 0.5) is 0 Å². The Morgan fingerprint density at radius 1 is 0.964 bits per heavy atom. The van der Waals surface area contributed by atoms with Crippen LogP contribution in [0.5, 0.6) is 0 Å². The van der Waals surface area contributed by atoms with E-state index in [0.717, 1.165) is 5.92 Å². The molecule has 0 aromatic rings. The van der Waals surface area contributed by atoms with E-state index in [0.29, 0.717) is 11.5 Å². The number of allylic oxidation sites excluding steroid dienone is 2. The molecule has 164 valence electrons. The summed E-state index contributed by atoms with van der Waals surface area (Å²) in [7, 11) is 0. The summed E-state index contributed by atoms with van der Waals surface area (Å²) in [5.41, 5.74) is 0.369. The van der Waals surface area contributed by atoms with Gasteiger partial charge >= 0.3 is 182 Å². The molecule has 0 radical (unpaired) electrons. The minimum atomic E-state index is -2.22. The molecule has 0 heterocycles. The summed E-state index contributed by atoms with van der Waals surface area (Å²) >= 11 is -2.22. The van der Waals surface area contributed by atoms with Gasteiger partial charge in [-0.15, -0.1) is 0 Å². The fraction of sp³-hybridized carbons (Fsp3) is 0.923. The predicted octanol–water partition coefficient (Wildman–Crippen LogP) is 8.69. The van der Waals surface area contributed by atoms with Crippen molar-refractivity contribution in [3.63, 3.8) is 0 Å². The molecule has 1 fully saturated rings. The number of hydrogen-bond acceptors (Lipinski definition) is 1. The fourth-order valence-corrected chi connectivity index (χ4v) is 23.2. The van der Waals surface area contributed by atoms with Gasteiger partial charge in [-0.2, -0.15) is 0 Å². The van der Waals surface area contributed by atoms with Gasteiger partial charge in [0.2, 0.25) is 0 Å². The van der Waals surface area contributed by atoms with Crippen LogP contribution in [-0.2, 0) is 4.74 Å². The normalized spacial score (nSPS) is 28.3. The monoisotopic (exact) mass is 498 g/mol. The van der Waals surface area contributed by atoms with E-state index >= 15 is 0 Å². The van der Waals surface area contributed by atoms with Gasteiger partial charge in [-0.1, -0.05) is 0 Å². The zero-order valence-electron chi connectivity index (χ0n) is 20.3. The first kappa shape index (κ1) is 24.8. The number of fused-ring (bicyclic) bond motifs is 1. The summed E-state index contributed by atoms with van der Waals surface area (Å²) in [6, 6.07) is 0.